The molecule has 1 heterocycles. The lowest BCUT2D eigenvalue weighted by Crippen LogP contribution is -2.44. The summed E-state index contributed by atoms with van der Waals surface area (Å²) in [4.78, 5) is 10.2. The first-order chi connectivity index (χ1) is 6.89. The number of hydrogen-bond acceptors (Lipinski definition) is 4. The number of hydrogen-bond donors (Lipinski definition) is 3. The Morgan fingerprint density at radius 3 is 2.67 bits per heavy atom. The Bertz CT molecular complexity index is 365. The van der Waals surface area contributed by atoms with Crippen LogP contribution in [0.1, 0.15) is 6.42 Å². The van der Waals surface area contributed by atoms with Gasteiger partial charge in [0.1, 0.15) is 6.54 Å². The number of aliphatic carboxylic acids is 1. The second-order valence-corrected chi connectivity index (χ2v) is 5.96. The van der Waals surface area contributed by atoms with Crippen molar-refractivity contribution in [2.45, 2.75) is 12.5 Å². The summed E-state index contributed by atoms with van der Waals surface area (Å²) in [6, 6.07) is -0.205. The van der Waals surface area contributed by atoms with Crippen molar-refractivity contribution >= 4 is 33.1 Å². The number of nitrogens with one attached hydrogen (secondary N) is 2. The number of thiocarbonyl (C=S) groups is 1. The van der Waals surface area contributed by atoms with E-state index in [1.54, 1.807) is 0 Å². The molecule has 0 aromatic carbocycles. The first-order valence-corrected chi connectivity index (χ1v) is 6.58. The van der Waals surface area contributed by atoms with Gasteiger partial charge in [0.25, 0.3) is 0 Å². The van der Waals surface area contributed by atoms with Crippen molar-refractivity contribution < 1.29 is 18.3 Å². The highest BCUT2D eigenvalue weighted by Gasteiger charge is 2.28. The van der Waals surface area contributed by atoms with Gasteiger partial charge in [0.05, 0.1) is 11.5 Å². The van der Waals surface area contributed by atoms with Gasteiger partial charge >= 0.3 is 5.97 Å². The molecular formula is C7H12N2O4S2. The Balaban J connectivity index is 2.31. The Kier molecular flexibility index (Phi) is 3.86. The van der Waals surface area contributed by atoms with Crippen molar-refractivity contribution in [3.63, 3.8) is 0 Å². The predicted molar refractivity (Wildman–Crippen MR) is 58.4 cm³/mol. The molecule has 6 nitrogen and oxygen atoms in total. The second kappa shape index (κ2) is 4.75. The number of carbonyl (C=O) groups is 1. The minimum absolute atomic E-state index is 0.0574. The van der Waals surface area contributed by atoms with Crippen LogP contribution in [0, 0.1) is 0 Å². The lowest BCUT2D eigenvalue weighted by Gasteiger charge is -2.13. The van der Waals surface area contributed by atoms with Gasteiger partial charge in [-0.25, -0.2) is 8.42 Å². The summed E-state index contributed by atoms with van der Waals surface area (Å²) in [5, 5.41) is 13.8. The minimum Gasteiger partial charge on any atom is -0.480 e. The van der Waals surface area contributed by atoms with E-state index in [4.69, 9.17) is 17.3 Å². The van der Waals surface area contributed by atoms with Crippen molar-refractivity contribution in [3.05, 3.63) is 0 Å². The van der Waals surface area contributed by atoms with E-state index < -0.39 is 15.8 Å². The molecule has 0 spiro atoms. The SMILES string of the molecule is O=C(O)CNC(=S)NC1CCS(=O)(=O)C1. The van der Waals surface area contributed by atoms with Crippen molar-refractivity contribution in [1.82, 2.24) is 10.6 Å². The molecule has 0 aliphatic carbocycles. The molecule has 15 heavy (non-hydrogen) atoms. The van der Waals surface area contributed by atoms with Crippen LogP contribution < -0.4 is 10.6 Å². The van der Waals surface area contributed by atoms with E-state index in [0.717, 1.165) is 0 Å². The van der Waals surface area contributed by atoms with Gasteiger partial charge in [-0.15, -0.1) is 0 Å². The maximum Gasteiger partial charge on any atom is 0.322 e. The maximum absolute atomic E-state index is 11.1. The number of carboxylic acid groups (broad SMARTS) is 1. The van der Waals surface area contributed by atoms with E-state index in [1.165, 1.54) is 0 Å². The van der Waals surface area contributed by atoms with Gasteiger partial charge in [-0.05, 0) is 18.6 Å². The fourth-order valence-electron chi connectivity index (χ4n) is 1.30. The highest BCUT2D eigenvalue weighted by atomic mass is 32.2. The van der Waals surface area contributed by atoms with E-state index in [9.17, 15) is 13.2 Å². The number of carboxylic acids is 1. The Labute approximate surface area is 93.0 Å². The third kappa shape index (κ3) is 4.43. The summed E-state index contributed by atoms with van der Waals surface area (Å²) in [5.41, 5.74) is 0. The zero-order valence-electron chi connectivity index (χ0n) is 7.89. The Morgan fingerprint density at radius 1 is 1.53 bits per heavy atom. The van der Waals surface area contributed by atoms with E-state index in [0.29, 0.717) is 6.42 Å². The lowest BCUT2D eigenvalue weighted by atomic mass is 10.3. The summed E-state index contributed by atoms with van der Waals surface area (Å²) in [7, 11) is -2.94. The zero-order chi connectivity index (χ0) is 11.5. The molecule has 8 heteroatoms. The summed E-state index contributed by atoms with van der Waals surface area (Å²) in [6.07, 6.45) is 0.511. The minimum atomic E-state index is -2.94. The van der Waals surface area contributed by atoms with Crippen LogP contribution in [0.25, 0.3) is 0 Å². The maximum atomic E-state index is 11.1. The van der Waals surface area contributed by atoms with Crippen molar-refractivity contribution in [3.8, 4) is 0 Å². The molecule has 1 aliphatic heterocycles. The molecule has 1 rings (SSSR count). The van der Waals surface area contributed by atoms with Crippen LogP contribution in [-0.2, 0) is 14.6 Å². The summed E-state index contributed by atoms with van der Waals surface area (Å²) in [6.45, 7) is -0.273. The Hall–Kier alpha value is -0.890. The van der Waals surface area contributed by atoms with Crippen LogP contribution in [0.15, 0.2) is 0 Å². The van der Waals surface area contributed by atoms with Crippen molar-refractivity contribution in [2.75, 3.05) is 18.1 Å². The molecule has 0 aromatic heterocycles. The molecule has 1 unspecified atom stereocenters. The number of rotatable bonds is 3. The molecule has 1 fully saturated rings. The molecular weight excluding hydrogens is 240 g/mol. The molecule has 1 atom stereocenters. The topological polar surface area (TPSA) is 95.5 Å². The van der Waals surface area contributed by atoms with Crippen LogP contribution in [0.5, 0.6) is 0 Å². The molecule has 1 aliphatic rings. The third-order valence-corrected chi connectivity index (χ3v) is 4.00. The van der Waals surface area contributed by atoms with E-state index in [2.05, 4.69) is 10.6 Å². The zero-order valence-corrected chi connectivity index (χ0v) is 9.53. The van der Waals surface area contributed by atoms with Crippen LogP contribution in [-0.4, -0.2) is 48.7 Å². The molecule has 86 valence electrons. The average molecular weight is 252 g/mol. The van der Waals surface area contributed by atoms with Crippen LogP contribution in [0.3, 0.4) is 0 Å². The van der Waals surface area contributed by atoms with Gasteiger partial charge in [0.15, 0.2) is 14.9 Å². The van der Waals surface area contributed by atoms with E-state index in [1.807, 2.05) is 0 Å². The first-order valence-electron chi connectivity index (χ1n) is 4.35. The van der Waals surface area contributed by atoms with Crippen LogP contribution in [0.2, 0.25) is 0 Å². The van der Waals surface area contributed by atoms with Crippen LogP contribution in [0.4, 0.5) is 0 Å². The van der Waals surface area contributed by atoms with Crippen LogP contribution >= 0.6 is 12.2 Å². The van der Waals surface area contributed by atoms with Gasteiger partial charge in [0, 0.05) is 6.04 Å². The highest BCUT2D eigenvalue weighted by Crippen LogP contribution is 2.10. The molecule has 1 saturated heterocycles. The number of sulfone groups is 1. The normalized spacial score (nSPS) is 23.3. The predicted octanol–water partition coefficient (Wildman–Crippen LogP) is -1.28. The quantitative estimate of drug-likeness (QED) is 0.539. The standard InChI is InChI=1S/C7H12N2O4S2/c10-6(11)3-8-7(14)9-5-1-2-15(12,13)4-5/h5H,1-4H2,(H,10,11)(H2,8,9,14). The average Bonchev–Trinajstić information content (AvgIpc) is 2.42. The van der Waals surface area contributed by atoms with Gasteiger partial charge in [-0.3, -0.25) is 4.79 Å². The molecule has 0 bridgehead atoms. The van der Waals surface area contributed by atoms with E-state index in [-0.39, 0.29) is 29.2 Å². The van der Waals surface area contributed by atoms with Gasteiger partial charge in [-0.2, -0.15) is 0 Å². The third-order valence-electron chi connectivity index (χ3n) is 1.97. The van der Waals surface area contributed by atoms with E-state index >= 15 is 0 Å². The fraction of sp³-hybridized carbons (Fsp3) is 0.714. The summed E-state index contributed by atoms with van der Waals surface area (Å²) in [5.74, 6) is -0.799. The smallest absolute Gasteiger partial charge is 0.322 e. The Morgan fingerprint density at radius 2 is 2.20 bits per heavy atom. The molecule has 0 aromatic rings. The van der Waals surface area contributed by atoms with Gasteiger partial charge in [-0.1, -0.05) is 0 Å². The summed E-state index contributed by atoms with van der Waals surface area (Å²) < 4.78 is 22.2. The fourth-order valence-corrected chi connectivity index (χ4v) is 3.21. The molecule has 3 N–H and O–H groups in total. The van der Waals surface area contributed by atoms with Crippen molar-refractivity contribution in [2.24, 2.45) is 0 Å². The highest BCUT2D eigenvalue weighted by molar-refractivity contribution is 7.91. The first kappa shape index (κ1) is 12.2. The second-order valence-electron chi connectivity index (χ2n) is 3.32. The van der Waals surface area contributed by atoms with Gasteiger partial charge < -0.3 is 15.7 Å². The molecule has 0 radical (unpaired) electrons. The monoisotopic (exact) mass is 252 g/mol. The molecule has 0 amide bonds. The lowest BCUT2D eigenvalue weighted by molar-refractivity contribution is -0.135. The summed E-state index contributed by atoms with van der Waals surface area (Å²) >= 11 is 4.80. The van der Waals surface area contributed by atoms with Gasteiger partial charge in [0.2, 0.25) is 0 Å². The van der Waals surface area contributed by atoms with Crippen molar-refractivity contribution in [1.29, 1.82) is 0 Å². The largest absolute Gasteiger partial charge is 0.480 e. The molecule has 0 saturated carbocycles.